The van der Waals surface area contributed by atoms with Crippen molar-refractivity contribution in [1.82, 2.24) is 9.97 Å². The number of aromatic nitrogens is 2. The van der Waals surface area contributed by atoms with Crippen molar-refractivity contribution < 1.29 is 9.84 Å². The van der Waals surface area contributed by atoms with Crippen molar-refractivity contribution >= 4 is 0 Å². The zero-order valence-corrected chi connectivity index (χ0v) is 7.71. The van der Waals surface area contributed by atoms with E-state index in [1.54, 1.807) is 7.11 Å². The number of nitrogens with one attached hydrogen (secondary N) is 1. The Morgan fingerprint density at radius 3 is 3.31 bits per heavy atom. The van der Waals surface area contributed by atoms with Gasteiger partial charge in [0.25, 0.3) is 0 Å². The molecule has 0 aromatic carbocycles. The summed E-state index contributed by atoms with van der Waals surface area (Å²) in [5, 5.41) is 9.42. The van der Waals surface area contributed by atoms with Gasteiger partial charge in [-0.05, 0) is 12.8 Å². The van der Waals surface area contributed by atoms with Crippen LogP contribution in [0.5, 0.6) is 0 Å². The minimum atomic E-state index is -0.205. The summed E-state index contributed by atoms with van der Waals surface area (Å²) < 4.78 is 4.98. The molecule has 0 bridgehead atoms. The fourth-order valence-corrected chi connectivity index (χ4v) is 1.73. The van der Waals surface area contributed by atoms with Gasteiger partial charge in [-0.2, -0.15) is 0 Å². The molecule has 0 saturated carbocycles. The molecule has 1 aliphatic carbocycles. The van der Waals surface area contributed by atoms with Crippen LogP contribution in [0.3, 0.4) is 0 Å². The Kier molecular flexibility index (Phi) is 2.33. The molecule has 2 rings (SSSR count). The molecule has 4 nitrogen and oxygen atoms in total. The van der Waals surface area contributed by atoms with Crippen molar-refractivity contribution in [2.24, 2.45) is 0 Å². The van der Waals surface area contributed by atoms with Gasteiger partial charge in [0.05, 0.1) is 11.8 Å². The van der Waals surface area contributed by atoms with E-state index in [1.807, 2.05) is 0 Å². The molecule has 72 valence electrons. The van der Waals surface area contributed by atoms with Gasteiger partial charge in [-0.1, -0.05) is 0 Å². The number of aliphatic hydroxyl groups is 1. The Balaban J connectivity index is 2.18. The maximum atomic E-state index is 9.42. The normalized spacial score (nSPS) is 21.5. The number of hydrogen-bond donors (Lipinski definition) is 2. The van der Waals surface area contributed by atoms with Gasteiger partial charge in [0.15, 0.2) is 0 Å². The lowest BCUT2D eigenvalue weighted by Crippen LogP contribution is -2.18. The zero-order valence-electron chi connectivity index (χ0n) is 7.71. The molecule has 2 N–H and O–H groups in total. The summed E-state index contributed by atoms with van der Waals surface area (Å²) >= 11 is 0. The van der Waals surface area contributed by atoms with E-state index >= 15 is 0 Å². The van der Waals surface area contributed by atoms with E-state index in [4.69, 9.17) is 4.74 Å². The smallest absolute Gasteiger partial charge is 0.132 e. The molecule has 1 aliphatic rings. The number of fused-ring (bicyclic) bond motifs is 1. The van der Waals surface area contributed by atoms with Gasteiger partial charge in [-0.3, -0.25) is 0 Å². The highest BCUT2D eigenvalue weighted by Crippen LogP contribution is 2.19. The molecular formula is C9H14N2O2. The van der Waals surface area contributed by atoms with Crippen LogP contribution in [-0.2, 0) is 24.2 Å². The number of hydrogen-bond acceptors (Lipinski definition) is 3. The summed E-state index contributed by atoms with van der Waals surface area (Å²) in [6.07, 6.45) is 2.19. The molecule has 0 saturated heterocycles. The Morgan fingerprint density at radius 1 is 1.69 bits per heavy atom. The Morgan fingerprint density at radius 2 is 2.54 bits per heavy atom. The van der Waals surface area contributed by atoms with E-state index in [1.165, 1.54) is 0 Å². The number of aliphatic hydroxyl groups excluding tert-OH is 1. The Hall–Kier alpha value is -0.870. The quantitative estimate of drug-likeness (QED) is 0.696. The van der Waals surface area contributed by atoms with Crippen molar-refractivity contribution in [1.29, 1.82) is 0 Å². The number of imidazole rings is 1. The average molecular weight is 182 g/mol. The van der Waals surface area contributed by atoms with E-state index < -0.39 is 0 Å². The third-order valence-electron chi connectivity index (χ3n) is 2.35. The van der Waals surface area contributed by atoms with Crippen LogP contribution < -0.4 is 0 Å². The maximum Gasteiger partial charge on any atom is 0.132 e. The van der Waals surface area contributed by atoms with Crippen LogP contribution in [0, 0.1) is 0 Å². The molecule has 1 aromatic heterocycles. The monoisotopic (exact) mass is 182 g/mol. The van der Waals surface area contributed by atoms with Gasteiger partial charge >= 0.3 is 0 Å². The average Bonchev–Trinajstić information content (AvgIpc) is 2.46. The molecule has 4 heteroatoms. The number of H-pyrrole nitrogens is 1. The van der Waals surface area contributed by atoms with Crippen molar-refractivity contribution in [3.8, 4) is 0 Å². The fourth-order valence-electron chi connectivity index (χ4n) is 1.73. The van der Waals surface area contributed by atoms with Crippen molar-refractivity contribution in [2.45, 2.75) is 32.0 Å². The summed E-state index contributed by atoms with van der Waals surface area (Å²) in [7, 11) is 1.65. The molecular weight excluding hydrogens is 168 g/mol. The van der Waals surface area contributed by atoms with Gasteiger partial charge in [-0.15, -0.1) is 0 Å². The second-order valence-corrected chi connectivity index (χ2v) is 3.44. The highest BCUT2D eigenvalue weighted by molar-refractivity contribution is 5.18. The first-order valence-corrected chi connectivity index (χ1v) is 4.53. The summed E-state index contributed by atoms with van der Waals surface area (Å²) in [5.74, 6) is 0.863. The van der Waals surface area contributed by atoms with E-state index in [9.17, 15) is 5.11 Å². The minimum absolute atomic E-state index is 0.205. The van der Waals surface area contributed by atoms with Crippen LogP contribution in [0.1, 0.15) is 23.6 Å². The van der Waals surface area contributed by atoms with Crippen molar-refractivity contribution in [2.75, 3.05) is 7.11 Å². The summed E-state index contributed by atoms with van der Waals surface area (Å²) in [6, 6.07) is 0. The second-order valence-electron chi connectivity index (χ2n) is 3.44. The number of aryl methyl sites for hydroxylation is 1. The van der Waals surface area contributed by atoms with Gasteiger partial charge in [0, 0.05) is 19.2 Å². The van der Waals surface area contributed by atoms with E-state index in [0.29, 0.717) is 13.0 Å². The van der Waals surface area contributed by atoms with Crippen molar-refractivity contribution in [3.63, 3.8) is 0 Å². The summed E-state index contributed by atoms with van der Waals surface area (Å²) in [5.41, 5.74) is 2.17. The van der Waals surface area contributed by atoms with Gasteiger partial charge in [0.1, 0.15) is 12.4 Å². The molecule has 0 spiro atoms. The van der Waals surface area contributed by atoms with E-state index in [0.717, 1.165) is 30.1 Å². The van der Waals surface area contributed by atoms with Gasteiger partial charge < -0.3 is 14.8 Å². The molecule has 0 fully saturated rings. The molecule has 0 amide bonds. The molecule has 1 unspecified atom stereocenters. The third-order valence-corrected chi connectivity index (χ3v) is 2.35. The number of rotatable bonds is 2. The number of nitrogens with zero attached hydrogens (tertiary/aromatic N) is 1. The Labute approximate surface area is 77.0 Å². The predicted molar refractivity (Wildman–Crippen MR) is 47.3 cm³/mol. The minimum Gasteiger partial charge on any atom is -0.393 e. The fraction of sp³-hybridized carbons (Fsp3) is 0.667. The third kappa shape index (κ3) is 1.73. The molecule has 0 radical (unpaired) electrons. The lowest BCUT2D eigenvalue weighted by atomic mass is 9.99. The lowest BCUT2D eigenvalue weighted by Gasteiger charge is -2.14. The first-order chi connectivity index (χ1) is 6.29. The SMILES string of the molecule is COCc1nc2c([nH]1)CC(O)CC2. The predicted octanol–water partition coefficient (Wildman–Crippen LogP) is 0.406. The number of ether oxygens (including phenoxy) is 1. The topological polar surface area (TPSA) is 58.1 Å². The van der Waals surface area contributed by atoms with Crippen LogP contribution in [0.2, 0.25) is 0 Å². The summed E-state index contributed by atoms with van der Waals surface area (Å²) in [4.78, 5) is 7.55. The first kappa shape index (κ1) is 8.72. The number of methoxy groups -OCH3 is 1. The Bertz CT molecular complexity index is 296. The second kappa shape index (κ2) is 3.47. The van der Waals surface area contributed by atoms with Crippen LogP contribution in [0.15, 0.2) is 0 Å². The van der Waals surface area contributed by atoms with Crippen LogP contribution in [-0.4, -0.2) is 28.3 Å². The molecule has 1 atom stereocenters. The highest BCUT2D eigenvalue weighted by atomic mass is 16.5. The lowest BCUT2D eigenvalue weighted by molar-refractivity contribution is 0.157. The van der Waals surface area contributed by atoms with Crippen LogP contribution in [0.25, 0.3) is 0 Å². The largest absolute Gasteiger partial charge is 0.393 e. The van der Waals surface area contributed by atoms with Gasteiger partial charge in [-0.25, -0.2) is 4.98 Å². The van der Waals surface area contributed by atoms with Crippen molar-refractivity contribution in [3.05, 3.63) is 17.2 Å². The molecule has 0 aliphatic heterocycles. The van der Waals surface area contributed by atoms with Crippen LogP contribution >= 0.6 is 0 Å². The molecule has 1 aromatic rings. The first-order valence-electron chi connectivity index (χ1n) is 4.53. The van der Waals surface area contributed by atoms with E-state index in [-0.39, 0.29) is 6.10 Å². The maximum absolute atomic E-state index is 9.42. The standard InChI is InChI=1S/C9H14N2O2/c1-13-5-9-10-7-3-2-6(12)4-8(7)11-9/h6,12H,2-5H2,1H3,(H,10,11). The summed E-state index contributed by atoms with van der Waals surface area (Å²) in [6.45, 7) is 0.517. The van der Waals surface area contributed by atoms with Gasteiger partial charge in [0.2, 0.25) is 0 Å². The molecule has 1 heterocycles. The van der Waals surface area contributed by atoms with E-state index in [2.05, 4.69) is 9.97 Å². The highest BCUT2D eigenvalue weighted by Gasteiger charge is 2.19. The zero-order chi connectivity index (χ0) is 9.26. The number of aromatic amines is 1. The molecule has 13 heavy (non-hydrogen) atoms. The van der Waals surface area contributed by atoms with Crippen LogP contribution in [0.4, 0.5) is 0 Å².